The van der Waals surface area contributed by atoms with Gasteiger partial charge in [-0.15, -0.1) is 0 Å². The van der Waals surface area contributed by atoms with E-state index in [1.165, 1.54) is 12.1 Å². The molecule has 0 aliphatic carbocycles. The van der Waals surface area contributed by atoms with Crippen LogP contribution in [0.2, 0.25) is 5.02 Å². The number of halogens is 1. The first-order valence-corrected chi connectivity index (χ1v) is 10.8. The third-order valence-electron chi connectivity index (χ3n) is 3.99. The summed E-state index contributed by atoms with van der Waals surface area (Å²) in [7, 11) is -3.56. The maximum atomic E-state index is 12.2. The van der Waals surface area contributed by atoms with Gasteiger partial charge in [0.25, 0.3) is 0 Å². The molecule has 0 fully saturated rings. The van der Waals surface area contributed by atoms with E-state index in [0.717, 1.165) is 24.0 Å². The average Bonchev–Trinajstić information content (AvgIpc) is 2.63. The van der Waals surface area contributed by atoms with E-state index in [9.17, 15) is 13.2 Å². The standard InChI is InChI=1S/C20H24ClNO4S/c1-2-26-20(23)8-3-5-16-9-11-17(12-10-16)13-14-22-27(24,25)19-7-4-6-18(21)15-19/h4,6-7,9-12,15,22H,2-3,5,8,13-14H2,1H3. The Morgan fingerprint density at radius 3 is 2.37 bits per heavy atom. The van der Waals surface area contributed by atoms with Crippen LogP contribution in [0.5, 0.6) is 0 Å². The lowest BCUT2D eigenvalue weighted by atomic mass is 10.0. The van der Waals surface area contributed by atoms with Crippen LogP contribution in [0.25, 0.3) is 0 Å². The Hall–Kier alpha value is -1.89. The van der Waals surface area contributed by atoms with Gasteiger partial charge in [0.1, 0.15) is 0 Å². The van der Waals surface area contributed by atoms with E-state index < -0.39 is 10.0 Å². The van der Waals surface area contributed by atoms with Crippen LogP contribution in [0.1, 0.15) is 30.9 Å². The molecule has 0 saturated heterocycles. The third kappa shape index (κ3) is 7.33. The Balaban J connectivity index is 1.79. The Kier molecular flexibility index (Phi) is 8.28. The van der Waals surface area contributed by atoms with Gasteiger partial charge in [0, 0.05) is 18.0 Å². The van der Waals surface area contributed by atoms with Crippen molar-refractivity contribution in [3.8, 4) is 0 Å². The molecule has 0 aliphatic heterocycles. The maximum Gasteiger partial charge on any atom is 0.305 e. The van der Waals surface area contributed by atoms with Crippen LogP contribution in [-0.4, -0.2) is 27.5 Å². The molecule has 0 radical (unpaired) electrons. The van der Waals surface area contributed by atoms with E-state index in [1.807, 2.05) is 24.3 Å². The summed E-state index contributed by atoms with van der Waals surface area (Å²) in [6.07, 6.45) is 2.56. The SMILES string of the molecule is CCOC(=O)CCCc1ccc(CCNS(=O)(=O)c2cccc(Cl)c2)cc1. The van der Waals surface area contributed by atoms with Gasteiger partial charge in [-0.1, -0.05) is 41.9 Å². The van der Waals surface area contributed by atoms with E-state index >= 15 is 0 Å². The van der Waals surface area contributed by atoms with Crippen molar-refractivity contribution in [1.82, 2.24) is 4.72 Å². The lowest BCUT2D eigenvalue weighted by molar-refractivity contribution is -0.143. The number of nitrogens with one attached hydrogen (secondary N) is 1. The number of aryl methyl sites for hydroxylation is 1. The topological polar surface area (TPSA) is 72.5 Å². The van der Waals surface area contributed by atoms with Gasteiger partial charge in [-0.05, 0) is 55.5 Å². The first-order valence-electron chi connectivity index (χ1n) is 8.89. The fourth-order valence-corrected chi connectivity index (χ4v) is 3.92. The lowest BCUT2D eigenvalue weighted by Crippen LogP contribution is -2.26. The molecular formula is C20H24ClNO4S. The van der Waals surface area contributed by atoms with Gasteiger partial charge in [0.15, 0.2) is 0 Å². The summed E-state index contributed by atoms with van der Waals surface area (Å²) >= 11 is 5.85. The summed E-state index contributed by atoms with van der Waals surface area (Å²) in [5.74, 6) is -0.166. The number of sulfonamides is 1. The molecular weight excluding hydrogens is 386 g/mol. The average molecular weight is 410 g/mol. The zero-order chi connectivity index (χ0) is 19.7. The largest absolute Gasteiger partial charge is 0.466 e. The molecule has 146 valence electrons. The second-order valence-corrected chi connectivity index (χ2v) is 8.28. The van der Waals surface area contributed by atoms with Crippen LogP contribution in [0.3, 0.4) is 0 Å². The molecule has 1 N–H and O–H groups in total. The van der Waals surface area contributed by atoms with Crippen LogP contribution in [0.4, 0.5) is 0 Å². The third-order valence-corrected chi connectivity index (χ3v) is 5.68. The van der Waals surface area contributed by atoms with Crippen molar-refractivity contribution in [3.05, 3.63) is 64.7 Å². The molecule has 5 nitrogen and oxygen atoms in total. The van der Waals surface area contributed by atoms with Crippen molar-refractivity contribution in [2.75, 3.05) is 13.2 Å². The first-order chi connectivity index (χ1) is 12.9. The molecule has 7 heteroatoms. The number of hydrogen-bond donors (Lipinski definition) is 1. The Morgan fingerprint density at radius 2 is 1.74 bits per heavy atom. The predicted molar refractivity (Wildman–Crippen MR) is 106 cm³/mol. The van der Waals surface area contributed by atoms with Crippen molar-refractivity contribution in [1.29, 1.82) is 0 Å². The Bertz CT molecular complexity index is 851. The monoisotopic (exact) mass is 409 g/mol. The van der Waals surface area contributed by atoms with Gasteiger partial charge >= 0.3 is 5.97 Å². The second-order valence-electron chi connectivity index (χ2n) is 6.08. The van der Waals surface area contributed by atoms with E-state index in [2.05, 4.69) is 4.72 Å². The van der Waals surface area contributed by atoms with Gasteiger partial charge in [0.05, 0.1) is 11.5 Å². The molecule has 2 aromatic carbocycles. The predicted octanol–water partition coefficient (Wildman–Crippen LogP) is 3.75. The highest BCUT2D eigenvalue weighted by molar-refractivity contribution is 7.89. The number of esters is 1. The molecule has 2 rings (SSSR count). The molecule has 2 aromatic rings. The van der Waals surface area contributed by atoms with Crippen molar-refractivity contribution >= 4 is 27.6 Å². The quantitative estimate of drug-likeness (QED) is 0.606. The molecule has 0 spiro atoms. The second kappa shape index (κ2) is 10.4. The minimum absolute atomic E-state index is 0.159. The molecule has 0 bridgehead atoms. The van der Waals surface area contributed by atoms with Crippen molar-refractivity contribution < 1.29 is 17.9 Å². The fraction of sp³-hybridized carbons (Fsp3) is 0.350. The van der Waals surface area contributed by atoms with Gasteiger partial charge < -0.3 is 4.74 Å². The van der Waals surface area contributed by atoms with Crippen molar-refractivity contribution in [2.24, 2.45) is 0 Å². The molecule has 0 unspecified atom stereocenters. The zero-order valence-corrected chi connectivity index (χ0v) is 16.9. The highest BCUT2D eigenvalue weighted by Gasteiger charge is 2.13. The van der Waals surface area contributed by atoms with Gasteiger partial charge in [-0.25, -0.2) is 13.1 Å². The normalized spacial score (nSPS) is 11.3. The van der Waals surface area contributed by atoms with Gasteiger partial charge in [-0.3, -0.25) is 4.79 Å². The minimum atomic E-state index is -3.56. The summed E-state index contributed by atoms with van der Waals surface area (Å²) in [5, 5.41) is 0.386. The van der Waals surface area contributed by atoms with E-state index in [4.69, 9.17) is 16.3 Å². The van der Waals surface area contributed by atoms with Crippen molar-refractivity contribution in [3.63, 3.8) is 0 Å². The first kappa shape index (κ1) is 21.4. The van der Waals surface area contributed by atoms with E-state index in [0.29, 0.717) is 31.0 Å². The molecule has 0 amide bonds. The minimum Gasteiger partial charge on any atom is -0.466 e. The van der Waals surface area contributed by atoms with Crippen molar-refractivity contribution in [2.45, 2.75) is 37.5 Å². The number of hydrogen-bond acceptors (Lipinski definition) is 4. The number of carbonyl (C=O) groups is 1. The molecule has 0 atom stereocenters. The summed E-state index contributed by atoms with van der Waals surface area (Å²) < 4.78 is 32.0. The summed E-state index contributed by atoms with van der Waals surface area (Å²) in [6, 6.07) is 14.2. The molecule has 27 heavy (non-hydrogen) atoms. The molecule has 0 heterocycles. The number of ether oxygens (including phenoxy) is 1. The van der Waals surface area contributed by atoms with Crippen LogP contribution >= 0.6 is 11.6 Å². The highest BCUT2D eigenvalue weighted by atomic mass is 35.5. The summed E-state index contributed by atoms with van der Waals surface area (Å²) in [6.45, 7) is 2.51. The molecule has 0 saturated carbocycles. The van der Waals surface area contributed by atoms with Crippen LogP contribution in [-0.2, 0) is 32.4 Å². The Labute approximate surface area is 165 Å². The Morgan fingerprint density at radius 1 is 1.07 bits per heavy atom. The maximum absolute atomic E-state index is 12.2. The highest BCUT2D eigenvalue weighted by Crippen LogP contribution is 2.15. The van der Waals surface area contributed by atoms with Gasteiger partial charge in [-0.2, -0.15) is 0 Å². The number of rotatable bonds is 10. The van der Waals surface area contributed by atoms with E-state index in [1.54, 1.807) is 19.1 Å². The van der Waals surface area contributed by atoms with Crippen LogP contribution in [0.15, 0.2) is 53.4 Å². The molecule has 0 aromatic heterocycles. The number of benzene rings is 2. The lowest BCUT2D eigenvalue weighted by Gasteiger charge is -2.08. The molecule has 0 aliphatic rings. The summed E-state index contributed by atoms with van der Waals surface area (Å²) in [5.41, 5.74) is 2.18. The van der Waals surface area contributed by atoms with E-state index in [-0.39, 0.29) is 10.9 Å². The number of carbonyl (C=O) groups excluding carboxylic acids is 1. The van der Waals surface area contributed by atoms with Gasteiger partial charge in [0.2, 0.25) is 10.0 Å². The van der Waals surface area contributed by atoms with Crippen LogP contribution in [0, 0.1) is 0 Å². The zero-order valence-electron chi connectivity index (χ0n) is 15.3. The summed E-state index contributed by atoms with van der Waals surface area (Å²) in [4.78, 5) is 11.5. The smallest absolute Gasteiger partial charge is 0.305 e. The van der Waals surface area contributed by atoms with Crippen LogP contribution < -0.4 is 4.72 Å². The fourth-order valence-electron chi connectivity index (χ4n) is 2.59.